The molecule has 0 aliphatic rings. The summed E-state index contributed by atoms with van der Waals surface area (Å²) in [5.41, 5.74) is -0.521. The molecule has 2 aromatic rings. The fourth-order valence-corrected chi connectivity index (χ4v) is 3.60. The van der Waals surface area contributed by atoms with Crippen LogP contribution in [-0.4, -0.2) is 0 Å². The summed E-state index contributed by atoms with van der Waals surface area (Å²) in [7, 11) is 2.02. The van der Waals surface area contributed by atoms with Crippen LogP contribution in [0.25, 0.3) is 0 Å². The van der Waals surface area contributed by atoms with E-state index in [9.17, 15) is 18.0 Å². The summed E-state index contributed by atoms with van der Waals surface area (Å²) >= 11 is 5.71. The molecule has 1 aromatic carbocycles. The van der Waals surface area contributed by atoms with Crippen LogP contribution in [0.4, 0.5) is 23.9 Å². The van der Waals surface area contributed by atoms with Crippen molar-refractivity contribution in [3.8, 4) is 0 Å². The number of halogens is 4. The predicted octanol–water partition coefficient (Wildman–Crippen LogP) is 4.59. The molecule has 0 bridgehead atoms. The molecular formula is C10H5ClF3NOS2. The zero-order valence-electron chi connectivity index (χ0n) is 8.55. The lowest BCUT2D eigenvalue weighted by Gasteiger charge is -2.09. The summed E-state index contributed by atoms with van der Waals surface area (Å²) in [4.78, 5) is 11.1. The van der Waals surface area contributed by atoms with Crippen molar-refractivity contribution in [1.29, 1.82) is 0 Å². The van der Waals surface area contributed by atoms with Crippen molar-refractivity contribution in [2.45, 2.75) is 6.18 Å². The van der Waals surface area contributed by atoms with E-state index in [-0.39, 0.29) is 15.5 Å². The standard InChI is InChI=1S/C10H5ClF3NOS2/c11-7-8(17-18-9(7)16)15-6-3-1-2-5(4-6)10(12,13)14/h1-4,15H. The minimum Gasteiger partial charge on any atom is -0.345 e. The van der Waals surface area contributed by atoms with Gasteiger partial charge < -0.3 is 5.32 Å². The van der Waals surface area contributed by atoms with E-state index < -0.39 is 11.7 Å². The molecule has 0 radical (unpaired) electrons. The quantitative estimate of drug-likeness (QED) is 0.822. The lowest BCUT2D eigenvalue weighted by atomic mass is 10.2. The molecule has 2 nitrogen and oxygen atoms in total. The molecule has 1 aromatic heterocycles. The van der Waals surface area contributed by atoms with Crippen molar-refractivity contribution in [2.24, 2.45) is 0 Å². The molecule has 2 rings (SSSR count). The molecule has 0 saturated carbocycles. The van der Waals surface area contributed by atoms with Crippen LogP contribution in [0.2, 0.25) is 5.02 Å². The summed E-state index contributed by atoms with van der Waals surface area (Å²) in [5.74, 6) is 0. The number of hydrogen-bond acceptors (Lipinski definition) is 4. The minimum atomic E-state index is -4.40. The first kappa shape index (κ1) is 13.4. The Bertz CT molecular complexity index is 620. The van der Waals surface area contributed by atoms with Crippen LogP contribution in [0.1, 0.15) is 5.56 Å². The molecule has 1 N–H and O–H groups in total. The number of benzene rings is 1. The van der Waals surface area contributed by atoms with E-state index >= 15 is 0 Å². The zero-order valence-corrected chi connectivity index (χ0v) is 10.9. The third kappa shape index (κ3) is 2.85. The van der Waals surface area contributed by atoms with Gasteiger partial charge in [0, 0.05) is 5.69 Å². The molecule has 0 spiro atoms. The average Bonchev–Trinajstić information content (AvgIpc) is 2.60. The van der Waals surface area contributed by atoms with Gasteiger partial charge in [-0.05, 0) is 28.5 Å². The molecule has 0 amide bonds. The number of anilines is 2. The second-order valence-corrected chi connectivity index (χ2v) is 5.79. The highest BCUT2D eigenvalue weighted by molar-refractivity contribution is 7.70. The van der Waals surface area contributed by atoms with Crippen LogP contribution < -0.4 is 10.1 Å². The van der Waals surface area contributed by atoms with E-state index in [4.69, 9.17) is 11.6 Å². The second-order valence-electron chi connectivity index (χ2n) is 3.30. The van der Waals surface area contributed by atoms with E-state index in [1.165, 1.54) is 12.1 Å². The van der Waals surface area contributed by atoms with Gasteiger partial charge in [0.1, 0.15) is 10.0 Å². The van der Waals surface area contributed by atoms with Crippen LogP contribution in [0, 0.1) is 0 Å². The maximum atomic E-state index is 12.5. The highest BCUT2D eigenvalue weighted by Gasteiger charge is 2.30. The van der Waals surface area contributed by atoms with Crippen LogP contribution in [0.5, 0.6) is 0 Å². The lowest BCUT2D eigenvalue weighted by Crippen LogP contribution is -2.05. The molecular weight excluding hydrogens is 307 g/mol. The maximum absolute atomic E-state index is 12.5. The summed E-state index contributed by atoms with van der Waals surface area (Å²) < 4.78 is 37.2. The first-order chi connectivity index (χ1) is 8.38. The average molecular weight is 312 g/mol. The Kier molecular flexibility index (Phi) is 3.65. The molecule has 0 fully saturated rings. The molecule has 0 aliphatic carbocycles. The van der Waals surface area contributed by atoms with Crippen molar-refractivity contribution >= 4 is 43.0 Å². The van der Waals surface area contributed by atoms with Gasteiger partial charge in [-0.2, -0.15) is 13.2 Å². The SMILES string of the molecule is O=c1ssc(Nc2cccc(C(F)(F)F)c2)c1Cl. The third-order valence-electron chi connectivity index (χ3n) is 2.03. The first-order valence-electron chi connectivity index (χ1n) is 4.61. The molecule has 0 atom stereocenters. The van der Waals surface area contributed by atoms with Crippen molar-refractivity contribution in [1.82, 2.24) is 0 Å². The molecule has 0 saturated heterocycles. The molecule has 0 unspecified atom stereocenters. The van der Waals surface area contributed by atoms with Gasteiger partial charge in [-0.15, -0.1) is 0 Å². The number of nitrogens with one attached hydrogen (secondary N) is 1. The normalized spacial score (nSPS) is 11.6. The maximum Gasteiger partial charge on any atom is 0.416 e. The van der Waals surface area contributed by atoms with E-state index in [0.29, 0.717) is 5.00 Å². The smallest absolute Gasteiger partial charge is 0.345 e. The molecule has 96 valence electrons. The minimum absolute atomic E-state index is 0.00223. The van der Waals surface area contributed by atoms with Crippen LogP contribution >= 0.6 is 32.3 Å². The summed E-state index contributed by atoms with van der Waals surface area (Å²) in [6, 6.07) is 4.70. The first-order valence-corrected chi connectivity index (χ1v) is 7.13. The van der Waals surface area contributed by atoms with E-state index in [0.717, 1.165) is 32.8 Å². The van der Waals surface area contributed by atoms with E-state index in [1.807, 2.05) is 0 Å². The van der Waals surface area contributed by atoms with E-state index in [1.54, 1.807) is 0 Å². The van der Waals surface area contributed by atoms with Gasteiger partial charge in [0.2, 0.25) is 0 Å². The Balaban J connectivity index is 2.30. The zero-order chi connectivity index (χ0) is 13.3. The van der Waals surface area contributed by atoms with Gasteiger partial charge in [-0.25, -0.2) is 0 Å². The molecule has 0 aliphatic heterocycles. The van der Waals surface area contributed by atoms with Crippen molar-refractivity contribution in [2.75, 3.05) is 5.32 Å². The fourth-order valence-electron chi connectivity index (χ4n) is 1.23. The Hall–Kier alpha value is -1.05. The van der Waals surface area contributed by atoms with Gasteiger partial charge in [-0.1, -0.05) is 28.0 Å². The highest BCUT2D eigenvalue weighted by Crippen LogP contribution is 2.34. The van der Waals surface area contributed by atoms with Gasteiger partial charge in [0.05, 0.1) is 5.56 Å². The molecule has 1 heterocycles. The number of rotatable bonds is 2. The van der Waals surface area contributed by atoms with Crippen molar-refractivity contribution in [3.63, 3.8) is 0 Å². The molecule has 8 heteroatoms. The Morgan fingerprint density at radius 1 is 1.22 bits per heavy atom. The van der Waals surface area contributed by atoms with Gasteiger partial charge in [0.15, 0.2) is 0 Å². The topological polar surface area (TPSA) is 29.1 Å². The number of hydrogen-bond donors (Lipinski definition) is 1. The Morgan fingerprint density at radius 2 is 1.94 bits per heavy atom. The second kappa shape index (κ2) is 4.91. The highest BCUT2D eigenvalue weighted by atomic mass is 35.5. The lowest BCUT2D eigenvalue weighted by molar-refractivity contribution is -0.137. The fraction of sp³-hybridized carbons (Fsp3) is 0.100. The summed E-state index contributed by atoms with van der Waals surface area (Å²) in [6.07, 6.45) is -4.40. The summed E-state index contributed by atoms with van der Waals surface area (Å²) in [5, 5.41) is 3.06. The van der Waals surface area contributed by atoms with Crippen LogP contribution in [0.3, 0.4) is 0 Å². The van der Waals surface area contributed by atoms with Gasteiger partial charge in [0.25, 0.3) is 4.74 Å². The van der Waals surface area contributed by atoms with Gasteiger partial charge >= 0.3 is 6.18 Å². The predicted molar refractivity (Wildman–Crippen MR) is 68.2 cm³/mol. The van der Waals surface area contributed by atoms with Crippen molar-refractivity contribution < 1.29 is 13.2 Å². The Labute approximate surface area is 112 Å². The number of alkyl halides is 3. The summed E-state index contributed by atoms with van der Waals surface area (Å²) in [6.45, 7) is 0. The van der Waals surface area contributed by atoms with Crippen LogP contribution in [0.15, 0.2) is 29.1 Å². The van der Waals surface area contributed by atoms with E-state index in [2.05, 4.69) is 5.32 Å². The largest absolute Gasteiger partial charge is 0.416 e. The van der Waals surface area contributed by atoms with Crippen LogP contribution in [-0.2, 0) is 6.18 Å². The van der Waals surface area contributed by atoms with Gasteiger partial charge in [-0.3, -0.25) is 4.79 Å². The monoisotopic (exact) mass is 311 g/mol. The molecule has 18 heavy (non-hydrogen) atoms. The Morgan fingerprint density at radius 3 is 2.50 bits per heavy atom. The van der Waals surface area contributed by atoms with Crippen molar-refractivity contribution in [3.05, 3.63) is 44.4 Å². The third-order valence-corrected chi connectivity index (χ3v) is 4.73.